The van der Waals surface area contributed by atoms with Crippen molar-refractivity contribution in [2.24, 2.45) is 10.7 Å². The van der Waals surface area contributed by atoms with Gasteiger partial charge >= 0.3 is 0 Å². The standard InChI is InChI=1S/C21H17F3N6O/c1-11-27-9-12(10-28-11)15-6-16(18(24)7-17(15)23)21(19(31)30(2)20(25)29-21)13-3-4-26-14(5-13)8-22/h3-7,9-10H,8H2,1-2H3,(H2,25,29). The van der Waals surface area contributed by atoms with E-state index in [1.807, 2.05) is 0 Å². The number of guanidine groups is 1. The van der Waals surface area contributed by atoms with Crippen molar-refractivity contribution in [1.82, 2.24) is 19.9 Å². The van der Waals surface area contributed by atoms with Crippen LogP contribution in [0.2, 0.25) is 0 Å². The fourth-order valence-corrected chi connectivity index (χ4v) is 3.52. The number of likely N-dealkylation sites (N-methyl/N-ethyl adjacent to an activating group) is 1. The predicted molar refractivity (Wildman–Crippen MR) is 106 cm³/mol. The monoisotopic (exact) mass is 426 g/mol. The largest absolute Gasteiger partial charge is 0.369 e. The molecule has 10 heteroatoms. The molecular weight excluding hydrogens is 409 g/mol. The molecule has 1 aliphatic heterocycles. The Kier molecular flexibility index (Phi) is 4.92. The zero-order valence-corrected chi connectivity index (χ0v) is 16.6. The van der Waals surface area contributed by atoms with E-state index in [1.165, 1.54) is 43.8 Å². The van der Waals surface area contributed by atoms with Crippen molar-refractivity contribution >= 4 is 11.9 Å². The number of aromatic nitrogens is 3. The van der Waals surface area contributed by atoms with Gasteiger partial charge in [-0.05, 0) is 30.7 Å². The highest BCUT2D eigenvalue weighted by atomic mass is 19.1. The highest BCUT2D eigenvalue weighted by Gasteiger charge is 2.51. The third-order valence-electron chi connectivity index (χ3n) is 5.15. The van der Waals surface area contributed by atoms with Crippen LogP contribution in [0.25, 0.3) is 11.1 Å². The summed E-state index contributed by atoms with van der Waals surface area (Å²) in [5, 5.41) is 0. The number of carbonyl (C=O) groups is 1. The molecule has 0 saturated heterocycles. The van der Waals surface area contributed by atoms with Crippen molar-refractivity contribution in [3.63, 3.8) is 0 Å². The molecule has 1 aliphatic rings. The maximum Gasteiger partial charge on any atom is 0.266 e. The lowest BCUT2D eigenvalue weighted by Gasteiger charge is -2.27. The summed E-state index contributed by atoms with van der Waals surface area (Å²) in [6.07, 6.45) is 4.07. The molecule has 7 nitrogen and oxygen atoms in total. The molecule has 4 rings (SSSR count). The van der Waals surface area contributed by atoms with E-state index in [2.05, 4.69) is 19.9 Å². The molecule has 0 spiro atoms. The number of benzene rings is 1. The fraction of sp³-hybridized carbons (Fsp3) is 0.190. The Balaban J connectivity index is 2.02. The lowest BCUT2D eigenvalue weighted by atomic mass is 9.81. The van der Waals surface area contributed by atoms with Crippen LogP contribution in [0.3, 0.4) is 0 Å². The molecule has 2 N–H and O–H groups in total. The highest BCUT2D eigenvalue weighted by Crippen LogP contribution is 2.42. The summed E-state index contributed by atoms with van der Waals surface area (Å²) in [5.41, 5.74) is 4.13. The van der Waals surface area contributed by atoms with Gasteiger partial charge in [0.2, 0.25) is 0 Å². The first-order valence-corrected chi connectivity index (χ1v) is 9.21. The molecule has 0 saturated carbocycles. The Morgan fingerprint density at radius 1 is 1.10 bits per heavy atom. The minimum atomic E-state index is -1.97. The van der Waals surface area contributed by atoms with Crippen LogP contribution in [-0.2, 0) is 17.0 Å². The number of rotatable bonds is 4. The fourth-order valence-electron chi connectivity index (χ4n) is 3.52. The zero-order valence-electron chi connectivity index (χ0n) is 16.6. The lowest BCUT2D eigenvalue weighted by molar-refractivity contribution is -0.129. The van der Waals surface area contributed by atoms with Crippen LogP contribution in [0.4, 0.5) is 13.2 Å². The van der Waals surface area contributed by atoms with Crippen molar-refractivity contribution < 1.29 is 18.0 Å². The van der Waals surface area contributed by atoms with E-state index in [0.717, 1.165) is 4.90 Å². The van der Waals surface area contributed by atoms with Gasteiger partial charge in [0.1, 0.15) is 24.1 Å². The molecule has 0 fully saturated rings. The average Bonchev–Trinajstić information content (AvgIpc) is 2.99. The number of nitrogens with zero attached hydrogens (tertiary/aromatic N) is 5. The number of hydrogen-bond donors (Lipinski definition) is 1. The van der Waals surface area contributed by atoms with E-state index in [1.54, 1.807) is 6.92 Å². The van der Waals surface area contributed by atoms with Crippen LogP contribution in [0.15, 0.2) is 47.8 Å². The third kappa shape index (κ3) is 3.20. The van der Waals surface area contributed by atoms with Crippen LogP contribution in [0.1, 0.15) is 22.6 Å². The van der Waals surface area contributed by atoms with Crippen molar-refractivity contribution in [2.45, 2.75) is 19.1 Å². The van der Waals surface area contributed by atoms with Gasteiger partial charge in [-0.1, -0.05) is 0 Å². The zero-order chi connectivity index (χ0) is 22.3. The van der Waals surface area contributed by atoms with Crippen molar-refractivity contribution in [2.75, 3.05) is 7.05 Å². The molecule has 0 aliphatic carbocycles. The summed E-state index contributed by atoms with van der Waals surface area (Å²) in [4.78, 5) is 30.6. The average molecular weight is 426 g/mol. The van der Waals surface area contributed by atoms with E-state index in [9.17, 15) is 13.6 Å². The van der Waals surface area contributed by atoms with Gasteiger partial charge in [-0.3, -0.25) is 14.7 Å². The maximum absolute atomic E-state index is 15.2. The lowest BCUT2D eigenvalue weighted by Crippen LogP contribution is -2.41. The number of hydrogen-bond acceptors (Lipinski definition) is 6. The number of aliphatic imine (C=N–C) groups is 1. The van der Waals surface area contributed by atoms with Crippen molar-refractivity contribution in [3.05, 3.63) is 77.1 Å². The minimum Gasteiger partial charge on any atom is -0.369 e. The smallest absolute Gasteiger partial charge is 0.266 e. The molecule has 1 unspecified atom stereocenters. The van der Waals surface area contributed by atoms with Crippen LogP contribution < -0.4 is 5.73 Å². The van der Waals surface area contributed by atoms with Gasteiger partial charge in [-0.2, -0.15) is 0 Å². The quantitative estimate of drug-likeness (QED) is 0.692. The number of amides is 1. The van der Waals surface area contributed by atoms with E-state index in [0.29, 0.717) is 11.9 Å². The summed E-state index contributed by atoms with van der Waals surface area (Å²) in [5.74, 6) is -2.22. The van der Waals surface area contributed by atoms with Crippen molar-refractivity contribution in [1.29, 1.82) is 0 Å². The second-order valence-electron chi connectivity index (χ2n) is 7.04. The minimum absolute atomic E-state index is 0.0216. The molecule has 3 aromatic rings. The number of alkyl halides is 1. The second kappa shape index (κ2) is 7.46. The van der Waals surface area contributed by atoms with Gasteiger partial charge < -0.3 is 5.73 Å². The Hall–Kier alpha value is -3.82. The van der Waals surface area contributed by atoms with Gasteiger partial charge in [0.05, 0.1) is 5.69 Å². The summed E-state index contributed by atoms with van der Waals surface area (Å²) >= 11 is 0. The van der Waals surface area contributed by atoms with E-state index >= 15 is 4.39 Å². The second-order valence-corrected chi connectivity index (χ2v) is 7.04. The number of aryl methyl sites for hydroxylation is 1. The Morgan fingerprint density at radius 3 is 2.42 bits per heavy atom. The number of halogens is 3. The SMILES string of the molecule is Cc1ncc(-c2cc(C3(c4ccnc(CF)c4)N=C(N)N(C)C3=O)c(F)cc2F)cn1. The Labute approximate surface area is 175 Å². The van der Waals surface area contributed by atoms with Crippen LogP contribution in [0, 0.1) is 18.6 Å². The Morgan fingerprint density at radius 2 is 1.81 bits per heavy atom. The van der Waals surface area contributed by atoms with Crippen LogP contribution in [0.5, 0.6) is 0 Å². The normalized spacial score (nSPS) is 18.4. The summed E-state index contributed by atoms with van der Waals surface area (Å²) in [6.45, 7) is 0.770. The third-order valence-corrected chi connectivity index (χ3v) is 5.15. The first-order valence-electron chi connectivity index (χ1n) is 9.21. The maximum atomic E-state index is 15.2. The van der Waals surface area contributed by atoms with Crippen LogP contribution in [-0.4, -0.2) is 38.8 Å². The molecule has 0 radical (unpaired) electrons. The highest BCUT2D eigenvalue weighted by molar-refractivity contribution is 6.09. The van der Waals surface area contributed by atoms with E-state index in [4.69, 9.17) is 5.73 Å². The summed E-state index contributed by atoms with van der Waals surface area (Å²) < 4.78 is 43.1. The number of nitrogens with two attached hydrogens (primary N) is 1. The topological polar surface area (TPSA) is 97.4 Å². The molecular formula is C21H17F3N6O. The molecule has 2 aromatic heterocycles. The van der Waals surface area contributed by atoms with Crippen LogP contribution >= 0.6 is 0 Å². The molecule has 31 heavy (non-hydrogen) atoms. The van der Waals surface area contributed by atoms with Gasteiger partial charge in [-0.25, -0.2) is 28.1 Å². The molecule has 1 atom stereocenters. The van der Waals surface area contributed by atoms with E-state index in [-0.39, 0.29) is 33.9 Å². The first kappa shape index (κ1) is 20.5. The van der Waals surface area contributed by atoms with Gasteiger partial charge in [0.25, 0.3) is 5.91 Å². The molecule has 0 bridgehead atoms. The predicted octanol–water partition coefficient (Wildman–Crippen LogP) is 2.63. The molecule has 158 valence electrons. The number of carbonyl (C=O) groups excluding carboxylic acids is 1. The van der Waals surface area contributed by atoms with E-state index < -0.39 is 29.8 Å². The van der Waals surface area contributed by atoms with Crippen molar-refractivity contribution in [3.8, 4) is 11.1 Å². The summed E-state index contributed by atoms with van der Waals surface area (Å²) in [7, 11) is 1.39. The molecule has 1 amide bonds. The molecule has 3 heterocycles. The Bertz CT molecular complexity index is 1210. The summed E-state index contributed by atoms with van der Waals surface area (Å²) in [6, 6.07) is 4.58. The van der Waals surface area contributed by atoms with Gasteiger partial charge in [0, 0.05) is 48.4 Å². The molecule has 1 aromatic carbocycles. The first-order chi connectivity index (χ1) is 14.8. The van der Waals surface area contributed by atoms with Gasteiger partial charge in [0.15, 0.2) is 11.5 Å². The number of pyridine rings is 1. The van der Waals surface area contributed by atoms with Gasteiger partial charge in [-0.15, -0.1) is 0 Å².